The van der Waals surface area contributed by atoms with E-state index in [0.717, 1.165) is 83.8 Å². The molecule has 40 heavy (non-hydrogen) atoms. The number of rotatable bonds is 8. The normalized spacial score (nSPS) is 13.8. The summed E-state index contributed by atoms with van der Waals surface area (Å²) in [6.07, 6.45) is 3.58. The molecule has 5 rings (SSSR count). The van der Waals surface area contributed by atoms with Crippen LogP contribution in [0.2, 0.25) is 0 Å². The van der Waals surface area contributed by atoms with Gasteiger partial charge in [0, 0.05) is 67.2 Å². The molecule has 1 amide bonds. The number of fused-ring (bicyclic) bond motifs is 1. The minimum absolute atomic E-state index is 0.123. The van der Waals surface area contributed by atoms with Gasteiger partial charge >= 0.3 is 0 Å². The van der Waals surface area contributed by atoms with Gasteiger partial charge in [-0.15, -0.1) is 0 Å². The second kappa shape index (κ2) is 11.6. The fraction of sp³-hybridized carbons (Fsp3) is 0.419. The van der Waals surface area contributed by atoms with Crippen molar-refractivity contribution in [3.8, 4) is 11.1 Å². The Kier molecular flexibility index (Phi) is 8.02. The molecule has 0 radical (unpaired) electrons. The summed E-state index contributed by atoms with van der Waals surface area (Å²) < 4.78 is 1.97. The van der Waals surface area contributed by atoms with Crippen molar-refractivity contribution in [2.24, 2.45) is 0 Å². The summed E-state index contributed by atoms with van der Waals surface area (Å²) in [6, 6.07) is 10.3. The van der Waals surface area contributed by atoms with Crippen molar-refractivity contribution in [1.29, 1.82) is 0 Å². The van der Waals surface area contributed by atoms with Crippen LogP contribution in [-0.4, -0.2) is 51.8 Å². The standard InChI is InChI=1S/C31H39N7O2/c1-6-7-22-14-20(4)35-31(40)26(22)18-34-30(39)25-15-24(16-27-29(25)21(5)36-38(27)19(2)3)23-8-9-28(33-17-23)37-12-10-32-11-13-37/h8-9,14-17,19,32H,6-7,10-13,18H2,1-5H3,(H,34,39)(H,35,40). The molecule has 3 aromatic heterocycles. The molecule has 9 heteroatoms. The van der Waals surface area contributed by atoms with Crippen LogP contribution in [0.4, 0.5) is 5.82 Å². The molecule has 0 unspecified atom stereocenters. The van der Waals surface area contributed by atoms with Crippen molar-refractivity contribution >= 4 is 22.6 Å². The van der Waals surface area contributed by atoms with Crippen molar-refractivity contribution in [1.82, 2.24) is 30.4 Å². The maximum atomic E-state index is 13.8. The van der Waals surface area contributed by atoms with E-state index in [0.29, 0.717) is 11.1 Å². The van der Waals surface area contributed by atoms with Gasteiger partial charge in [0.25, 0.3) is 11.5 Å². The molecule has 1 aliphatic rings. The zero-order valence-corrected chi connectivity index (χ0v) is 24.1. The number of aromatic nitrogens is 4. The second-order valence-electron chi connectivity index (χ2n) is 10.9. The molecule has 4 heterocycles. The van der Waals surface area contributed by atoms with Gasteiger partial charge in [0.15, 0.2) is 0 Å². The van der Waals surface area contributed by atoms with Gasteiger partial charge in [0.05, 0.1) is 16.8 Å². The lowest BCUT2D eigenvalue weighted by Crippen LogP contribution is -2.43. The molecule has 0 aliphatic carbocycles. The van der Waals surface area contributed by atoms with Gasteiger partial charge in [-0.2, -0.15) is 5.10 Å². The number of hydrogen-bond acceptors (Lipinski definition) is 6. The summed E-state index contributed by atoms with van der Waals surface area (Å²) in [5.74, 6) is 0.727. The minimum Gasteiger partial charge on any atom is -0.354 e. The van der Waals surface area contributed by atoms with Gasteiger partial charge in [-0.25, -0.2) is 4.98 Å². The van der Waals surface area contributed by atoms with Gasteiger partial charge in [-0.1, -0.05) is 13.3 Å². The predicted octanol–water partition coefficient (Wildman–Crippen LogP) is 4.28. The molecular formula is C31H39N7O2. The van der Waals surface area contributed by atoms with Gasteiger partial charge in [0.2, 0.25) is 0 Å². The van der Waals surface area contributed by atoms with E-state index in [4.69, 9.17) is 10.1 Å². The molecule has 3 N–H and O–H groups in total. The van der Waals surface area contributed by atoms with Crippen LogP contribution in [0, 0.1) is 13.8 Å². The number of aryl methyl sites for hydroxylation is 3. The van der Waals surface area contributed by atoms with Crippen LogP contribution in [-0.2, 0) is 13.0 Å². The number of H-pyrrole nitrogens is 1. The van der Waals surface area contributed by atoms with E-state index in [2.05, 4.69) is 59.5 Å². The third kappa shape index (κ3) is 5.51. The van der Waals surface area contributed by atoms with E-state index in [9.17, 15) is 9.59 Å². The minimum atomic E-state index is -0.230. The Morgan fingerprint density at radius 2 is 1.88 bits per heavy atom. The Morgan fingerprint density at radius 3 is 2.55 bits per heavy atom. The molecule has 0 bridgehead atoms. The smallest absolute Gasteiger partial charge is 0.253 e. The van der Waals surface area contributed by atoms with Crippen molar-refractivity contribution in [2.75, 3.05) is 31.1 Å². The molecule has 0 saturated carbocycles. The Balaban J connectivity index is 1.52. The van der Waals surface area contributed by atoms with E-state index in [1.165, 1.54) is 0 Å². The molecule has 0 atom stereocenters. The van der Waals surface area contributed by atoms with Gasteiger partial charge < -0.3 is 20.5 Å². The number of carbonyl (C=O) groups excluding carboxylic acids is 1. The number of anilines is 1. The first-order chi connectivity index (χ1) is 19.3. The number of nitrogens with zero attached hydrogens (tertiary/aromatic N) is 4. The Bertz CT molecular complexity index is 1580. The second-order valence-corrected chi connectivity index (χ2v) is 10.9. The lowest BCUT2D eigenvalue weighted by atomic mass is 9.99. The van der Waals surface area contributed by atoms with E-state index in [1.54, 1.807) is 0 Å². The van der Waals surface area contributed by atoms with Crippen LogP contribution in [0.5, 0.6) is 0 Å². The lowest BCUT2D eigenvalue weighted by molar-refractivity contribution is 0.0952. The van der Waals surface area contributed by atoms with Crippen LogP contribution in [0.3, 0.4) is 0 Å². The summed E-state index contributed by atoms with van der Waals surface area (Å²) in [5.41, 5.74) is 6.34. The maximum Gasteiger partial charge on any atom is 0.253 e. The molecule has 1 aromatic carbocycles. The molecule has 9 nitrogen and oxygen atoms in total. The van der Waals surface area contributed by atoms with Crippen molar-refractivity contribution < 1.29 is 4.79 Å². The highest BCUT2D eigenvalue weighted by Gasteiger charge is 2.21. The summed E-state index contributed by atoms with van der Waals surface area (Å²) in [6.45, 7) is 14.0. The topological polar surface area (TPSA) is 108 Å². The number of benzene rings is 1. The van der Waals surface area contributed by atoms with Crippen LogP contribution in [0.1, 0.15) is 66.1 Å². The zero-order valence-electron chi connectivity index (χ0n) is 24.1. The number of piperazine rings is 1. The zero-order chi connectivity index (χ0) is 28.4. The molecule has 0 spiro atoms. The number of carbonyl (C=O) groups is 1. The van der Waals surface area contributed by atoms with Crippen LogP contribution < -0.4 is 21.1 Å². The maximum absolute atomic E-state index is 13.8. The van der Waals surface area contributed by atoms with E-state index in [1.807, 2.05) is 36.9 Å². The molecule has 210 valence electrons. The van der Waals surface area contributed by atoms with Gasteiger partial charge in [-0.3, -0.25) is 14.3 Å². The van der Waals surface area contributed by atoms with E-state index >= 15 is 0 Å². The van der Waals surface area contributed by atoms with Crippen LogP contribution in [0.25, 0.3) is 22.0 Å². The third-order valence-corrected chi connectivity index (χ3v) is 7.55. The SMILES string of the molecule is CCCc1cc(C)[nH]c(=O)c1CNC(=O)c1cc(-c2ccc(N3CCNCC3)nc2)cc2c1c(C)nn2C(C)C. The van der Waals surface area contributed by atoms with Crippen LogP contribution >= 0.6 is 0 Å². The van der Waals surface area contributed by atoms with Crippen molar-refractivity contribution in [3.05, 3.63) is 75.0 Å². The highest BCUT2D eigenvalue weighted by Crippen LogP contribution is 2.32. The Hall–Kier alpha value is -3.98. The quantitative estimate of drug-likeness (QED) is 0.307. The summed E-state index contributed by atoms with van der Waals surface area (Å²) in [7, 11) is 0. The first-order valence-electron chi connectivity index (χ1n) is 14.2. The predicted molar refractivity (Wildman–Crippen MR) is 160 cm³/mol. The number of pyridine rings is 2. The molecule has 4 aromatic rings. The summed E-state index contributed by atoms with van der Waals surface area (Å²) in [4.78, 5) is 36.5. The monoisotopic (exact) mass is 541 g/mol. The third-order valence-electron chi connectivity index (χ3n) is 7.55. The highest BCUT2D eigenvalue weighted by molar-refractivity contribution is 6.09. The van der Waals surface area contributed by atoms with Crippen LogP contribution in [0.15, 0.2) is 41.3 Å². The highest BCUT2D eigenvalue weighted by atomic mass is 16.1. The molecule has 1 saturated heterocycles. The number of aromatic amines is 1. The fourth-order valence-electron chi connectivity index (χ4n) is 5.57. The Morgan fingerprint density at radius 1 is 1.10 bits per heavy atom. The fourth-order valence-corrected chi connectivity index (χ4v) is 5.57. The van der Waals surface area contributed by atoms with Crippen molar-refractivity contribution in [2.45, 2.75) is 60.0 Å². The first-order valence-corrected chi connectivity index (χ1v) is 14.2. The van der Waals surface area contributed by atoms with Crippen molar-refractivity contribution in [3.63, 3.8) is 0 Å². The number of hydrogen-bond donors (Lipinski definition) is 3. The van der Waals surface area contributed by atoms with Gasteiger partial charge in [0.1, 0.15) is 5.82 Å². The van der Waals surface area contributed by atoms with E-state index < -0.39 is 0 Å². The summed E-state index contributed by atoms with van der Waals surface area (Å²) in [5, 5.41) is 12.0. The molecule has 1 fully saturated rings. The average molecular weight is 542 g/mol. The van der Waals surface area contributed by atoms with E-state index in [-0.39, 0.29) is 24.1 Å². The average Bonchev–Trinajstić information content (AvgIpc) is 3.29. The summed E-state index contributed by atoms with van der Waals surface area (Å²) >= 11 is 0. The first kappa shape index (κ1) is 27.6. The lowest BCUT2D eigenvalue weighted by Gasteiger charge is -2.28. The molecule has 1 aliphatic heterocycles. The number of amides is 1. The largest absolute Gasteiger partial charge is 0.354 e. The molecular weight excluding hydrogens is 502 g/mol. The van der Waals surface area contributed by atoms with Gasteiger partial charge in [-0.05, 0) is 75.6 Å². The Labute approximate surface area is 235 Å². The number of nitrogens with one attached hydrogen (secondary N) is 3.